The topological polar surface area (TPSA) is 11.4 Å². The molecule has 0 bridgehead atoms. The molecule has 0 spiro atoms. The molecule has 10 aromatic carbocycles. The van der Waals surface area contributed by atoms with Crippen molar-refractivity contribution in [3.05, 3.63) is 236 Å². The van der Waals surface area contributed by atoms with Gasteiger partial charge in [0.15, 0.2) is 0 Å². The zero-order valence-corrected chi connectivity index (χ0v) is 34.7. The van der Waals surface area contributed by atoms with E-state index in [-0.39, 0.29) is 5.41 Å². The first-order valence-corrected chi connectivity index (χ1v) is 21.5. The Hall–Kier alpha value is -7.88. The van der Waals surface area contributed by atoms with Gasteiger partial charge in [-0.1, -0.05) is 141 Å². The summed E-state index contributed by atoms with van der Waals surface area (Å²) in [5.74, 6) is 0. The van der Waals surface area contributed by atoms with Crippen molar-refractivity contribution in [3.8, 4) is 16.8 Å². The van der Waals surface area contributed by atoms with Gasteiger partial charge in [0.2, 0.25) is 0 Å². The molecule has 0 aliphatic heterocycles. The number of para-hydroxylation sites is 3. The fourth-order valence-corrected chi connectivity index (χ4v) is 10.0. The molecule has 3 nitrogen and oxygen atoms in total. The fourth-order valence-electron chi connectivity index (χ4n) is 10.0. The molecule has 0 unspecified atom stereocenters. The number of hydrogen-bond acceptors (Lipinski definition) is 2. The van der Waals surface area contributed by atoms with Crippen LogP contribution in [0, 0.1) is 0 Å². The highest BCUT2D eigenvalue weighted by atomic mass is 15.1. The van der Waals surface area contributed by atoms with Crippen LogP contribution in [0.5, 0.6) is 0 Å². The third kappa shape index (κ3) is 5.73. The molecule has 0 radical (unpaired) electrons. The van der Waals surface area contributed by atoms with Crippen LogP contribution >= 0.6 is 0 Å². The molecule has 294 valence electrons. The van der Waals surface area contributed by atoms with Gasteiger partial charge in [0, 0.05) is 56.0 Å². The van der Waals surface area contributed by atoms with Gasteiger partial charge in [-0.15, -0.1) is 0 Å². The minimum atomic E-state index is -0.234. The van der Waals surface area contributed by atoms with E-state index in [4.69, 9.17) is 0 Å². The van der Waals surface area contributed by atoms with Gasteiger partial charge in [-0.2, -0.15) is 0 Å². The Balaban J connectivity index is 1.04. The minimum absolute atomic E-state index is 0.234. The molecular formula is C59H43N3. The molecule has 1 aromatic heterocycles. The molecule has 0 saturated heterocycles. The maximum atomic E-state index is 2.49. The first-order chi connectivity index (χ1) is 30.5. The molecule has 0 fully saturated rings. The number of fused-ring (bicyclic) bond motifs is 8. The van der Waals surface area contributed by atoms with Crippen molar-refractivity contribution in [3.63, 3.8) is 0 Å². The Morgan fingerprint density at radius 2 is 0.774 bits per heavy atom. The molecule has 62 heavy (non-hydrogen) atoms. The van der Waals surface area contributed by atoms with Crippen LogP contribution in [0.1, 0.15) is 25.0 Å². The van der Waals surface area contributed by atoms with E-state index in [1.54, 1.807) is 0 Å². The zero-order chi connectivity index (χ0) is 41.4. The largest absolute Gasteiger partial charge is 0.310 e. The lowest BCUT2D eigenvalue weighted by Gasteiger charge is -2.28. The first kappa shape index (κ1) is 36.0. The average Bonchev–Trinajstić information content (AvgIpc) is 3.76. The molecule has 12 rings (SSSR count). The number of benzene rings is 10. The van der Waals surface area contributed by atoms with E-state index in [1.807, 2.05) is 0 Å². The molecule has 0 saturated carbocycles. The van der Waals surface area contributed by atoms with Gasteiger partial charge in [0.1, 0.15) is 0 Å². The summed E-state index contributed by atoms with van der Waals surface area (Å²) >= 11 is 0. The summed E-state index contributed by atoms with van der Waals surface area (Å²) in [5, 5.41) is 7.41. The highest BCUT2D eigenvalue weighted by molar-refractivity contribution is 6.12. The summed E-state index contributed by atoms with van der Waals surface area (Å²) in [6.07, 6.45) is 0. The summed E-state index contributed by atoms with van der Waals surface area (Å²) in [4.78, 5) is 4.78. The summed E-state index contributed by atoms with van der Waals surface area (Å²) in [5.41, 5.74) is 15.3. The SMILES string of the molecule is CC1(C)c2cc(N(c3ccccc3)c3ccc4ccccc4c3)ccc2-c2cc3c(cc21)c1ccc(N(c2ccccc2)c2ccc4ccccc4c2)cc1n3-c1ccccc1. The standard InChI is InChI=1S/C59H43N3/c1-59(2)55-36-49(60(44-20-6-3-7-21-44)47-28-26-40-16-12-14-18-42(40)34-47)30-32-51(55)53-39-58-54(38-56(53)59)52-33-31-50(37-57(52)62(58)46-24-10-5-11-25-46)61(45-22-8-4-9-23-45)48-29-27-41-17-13-15-19-43(41)35-48/h3-39H,1-2H3. The smallest absolute Gasteiger partial charge is 0.0561 e. The highest BCUT2D eigenvalue weighted by Crippen LogP contribution is 2.53. The van der Waals surface area contributed by atoms with Gasteiger partial charge in [0.25, 0.3) is 0 Å². The molecule has 0 amide bonds. The number of rotatable bonds is 7. The van der Waals surface area contributed by atoms with E-state index < -0.39 is 0 Å². The summed E-state index contributed by atoms with van der Waals surface area (Å²) < 4.78 is 2.47. The second-order valence-electron chi connectivity index (χ2n) is 17.0. The van der Waals surface area contributed by atoms with E-state index >= 15 is 0 Å². The van der Waals surface area contributed by atoms with E-state index in [1.165, 1.54) is 65.6 Å². The van der Waals surface area contributed by atoms with Gasteiger partial charge in [-0.05, 0) is 141 Å². The van der Waals surface area contributed by atoms with E-state index in [0.717, 1.165) is 39.8 Å². The molecule has 11 aromatic rings. The summed E-state index contributed by atoms with van der Waals surface area (Å²) in [6, 6.07) is 82.1. The van der Waals surface area contributed by atoms with Crippen LogP contribution in [0.2, 0.25) is 0 Å². The lowest BCUT2D eigenvalue weighted by atomic mass is 9.82. The lowest BCUT2D eigenvalue weighted by Crippen LogP contribution is -2.16. The third-order valence-corrected chi connectivity index (χ3v) is 13.1. The van der Waals surface area contributed by atoms with Gasteiger partial charge in [-0.25, -0.2) is 0 Å². The number of anilines is 6. The van der Waals surface area contributed by atoms with E-state index in [9.17, 15) is 0 Å². The monoisotopic (exact) mass is 793 g/mol. The van der Waals surface area contributed by atoms with Gasteiger partial charge < -0.3 is 14.4 Å². The van der Waals surface area contributed by atoms with Crippen LogP contribution in [-0.2, 0) is 5.41 Å². The molecule has 1 heterocycles. The summed E-state index contributed by atoms with van der Waals surface area (Å²) in [7, 11) is 0. The van der Waals surface area contributed by atoms with Crippen LogP contribution in [0.3, 0.4) is 0 Å². The maximum absolute atomic E-state index is 2.49. The van der Waals surface area contributed by atoms with Crippen molar-refractivity contribution in [1.82, 2.24) is 4.57 Å². The Bertz CT molecular complexity index is 3490. The van der Waals surface area contributed by atoms with Gasteiger partial charge in [0.05, 0.1) is 11.0 Å². The van der Waals surface area contributed by atoms with Gasteiger partial charge >= 0.3 is 0 Å². The van der Waals surface area contributed by atoms with Crippen LogP contribution in [0.4, 0.5) is 34.1 Å². The lowest BCUT2D eigenvalue weighted by molar-refractivity contribution is 0.661. The molecule has 0 atom stereocenters. The Morgan fingerprint density at radius 1 is 0.323 bits per heavy atom. The predicted octanol–water partition coefficient (Wildman–Crippen LogP) is 16.3. The first-order valence-electron chi connectivity index (χ1n) is 21.5. The molecule has 1 aliphatic rings. The molecular weight excluding hydrogens is 751 g/mol. The third-order valence-electron chi connectivity index (χ3n) is 13.1. The number of hydrogen-bond donors (Lipinski definition) is 0. The fraction of sp³-hybridized carbons (Fsp3) is 0.0508. The van der Waals surface area contributed by atoms with Crippen molar-refractivity contribution in [2.24, 2.45) is 0 Å². The van der Waals surface area contributed by atoms with E-state index in [0.29, 0.717) is 0 Å². The van der Waals surface area contributed by atoms with Crippen LogP contribution < -0.4 is 9.80 Å². The predicted molar refractivity (Wildman–Crippen MR) is 263 cm³/mol. The quantitative estimate of drug-likeness (QED) is 0.159. The van der Waals surface area contributed by atoms with Crippen LogP contribution in [0.15, 0.2) is 224 Å². The normalized spacial score (nSPS) is 12.8. The average molecular weight is 794 g/mol. The Labute approximate surface area is 362 Å². The van der Waals surface area contributed by atoms with Crippen molar-refractivity contribution < 1.29 is 0 Å². The number of nitrogens with zero attached hydrogens (tertiary/aromatic N) is 3. The molecule has 0 N–H and O–H groups in total. The number of aromatic nitrogens is 1. The second-order valence-corrected chi connectivity index (χ2v) is 17.0. The van der Waals surface area contributed by atoms with Crippen molar-refractivity contribution in [2.75, 3.05) is 9.80 Å². The Kier molecular flexibility index (Phi) is 8.20. The minimum Gasteiger partial charge on any atom is -0.310 e. The maximum Gasteiger partial charge on any atom is 0.0561 e. The zero-order valence-electron chi connectivity index (χ0n) is 34.7. The van der Waals surface area contributed by atoms with Crippen molar-refractivity contribution >= 4 is 77.5 Å². The second kappa shape index (κ2) is 14.1. The van der Waals surface area contributed by atoms with Crippen molar-refractivity contribution in [1.29, 1.82) is 0 Å². The Morgan fingerprint density at radius 3 is 1.37 bits per heavy atom. The van der Waals surface area contributed by atoms with Gasteiger partial charge in [-0.3, -0.25) is 0 Å². The van der Waals surface area contributed by atoms with Crippen LogP contribution in [-0.4, -0.2) is 4.57 Å². The van der Waals surface area contributed by atoms with Crippen LogP contribution in [0.25, 0.3) is 60.2 Å². The van der Waals surface area contributed by atoms with E-state index in [2.05, 4.69) is 253 Å². The summed E-state index contributed by atoms with van der Waals surface area (Å²) in [6.45, 7) is 4.79. The molecule has 3 heteroatoms. The van der Waals surface area contributed by atoms with Crippen molar-refractivity contribution in [2.45, 2.75) is 19.3 Å². The highest BCUT2D eigenvalue weighted by Gasteiger charge is 2.37. The molecule has 1 aliphatic carbocycles.